The Labute approximate surface area is 354 Å². The highest BCUT2D eigenvalue weighted by atomic mass is 35.5. The summed E-state index contributed by atoms with van der Waals surface area (Å²) in [6.45, 7) is 0. The predicted molar refractivity (Wildman–Crippen MR) is 226 cm³/mol. The second-order valence-electron chi connectivity index (χ2n) is 11.6. The predicted octanol–water partition coefficient (Wildman–Crippen LogP) is 6.10. The molecular formula is C32H26Cl2N12O10S4. The Morgan fingerprint density at radius 1 is 0.467 bits per heavy atom. The molecule has 2 heterocycles. The third-order valence-corrected chi connectivity index (χ3v) is 10.4. The number of anilines is 10. The van der Waals surface area contributed by atoms with Gasteiger partial charge in [0.1, 0.15) is 9.79 Å². The maximum absolute atomic E-state index is 12.5. The quantitative estimate of drug-likeness (QED) is 0.0298. The average molecular weight is 938 g/mol. The van der Waals surface area contributed by atoms with Gasteiger partial charge in [-0.3, -0.25) is 27.7 Å². The summed E-state index contributed by atoms with van der Waals surface area (Å²) < 4.78 is 115. The number of nitrogens with zero attached hydrogens (tertiary/aromatic N) is 6. The molecule has 28 heteroatoms. The fourth-order valence-corrected chi connectivity index (χ4v) is 7.43. The van der Waals surface area contributed by atoms with Crippen molar-refractivity contribution in [3.63, 3.8) is 0 Å². The fourth-order valence-electron chi connectivity index (χ4n) is 5.01. The smallest absolute Gasteiger partial charge is 0.295 e. The minimum atomic E-state index is -4.89. The number of aromatic nitrogens is 6. The summed E-state index contributed by atoms with van der Waals surface area (Å²) in [6, 6.07) is 19.8. The van der Waals surface area contributed by atoms with Gasteiger partial charge in [0.05, 0.1) is 0 Å². The van der Waals surface area contributed by atoms with Gasteiger partial charge >= 0.3 is 0 Å². The molecule has 0 aliphatic rings. The summed E-state index contributed by atoms with van der Waals surface area (Å²) in [4.78, 5) is 23.2. The van der Waals surface area contributed by atoms with Gasteiger partial charge in [0.15, 0.2) is 0 Å². The first-order chi connectivity index (χ1) is 28.4. The number of hydrogen-bond acceptors (Lipinski definition) is 16. The van der Waals surface area contributed by atoms with Crippen molar-refractivity contribution in [1.29, 1.82) is 0 Å². The number of halogens is 2. The molecule has 312 valence electrons. The van der Waals surface area contributed by atoms with Crippen LogP contribution in [-0.2, 0) is 42.8 Å². The van der Waals surface area contributed by atoms with E-state index in [1.165, 1.54) is 60.7 Å². The van der Waals surface area contributed by atoms with E-state index in [4.69, 9.17) is 32.3 Å². The van der Waals surface area contributed by atoms with Crippen LogP contribution in [-0.4, -0.2) is 73.4 Å². The Hall–Kier alpha value is -5.94. The molecule has 22 nitrogen and oxygen atoms in total. The van der Waals surface area contributed by atoms with Gasteiger partial charge in [-0.25, -0.2) is 8.42 Å². The van der Waals surface area contributed by atoms with E-state index in [0.717, 1.165) is 12.1 Å². The first-order valence-electron chi connectivity index (χ1n) is 16.1. The molecule has 2 aromatic heterocycles. The second-order valence-corrected chi connectivity index (χ2v) is 16.5. The lowest BCUT2D eigenvalue weighted by Gasteiger charge is -2.12. The SMILES string of the molecule is O=S(O)Nc1ccc(Nc2nc(Cl)nc(Nc3ccc(C=Cc4ccc(Nc5nc(Cl)nc(Nc6ccc(NS(=O)O)cc6)n5)cc4S(=O)(=O)O)c(S(=O)(=O)O)c3)n2)cc1. The zero-order valence-corrected chi connectivity index (χ0v) is 34.3. The minimum absolute atomic E-state index is 0.0225. The molecule has 10 N–H and O–H groups in total. The molecule has 6 aromatic rings. The highest BCUT2D eigenvalue weighted by molar-refractivity contribution is 7.86. The summed E-state index contributed by atoms with van der Waals surface area (Å²) in [6.07, 6.45) is 2.39. The van der Waals surface area contributed by atoms with Crippen molar-refractivity contribution in [2.75, 3.05) is 30.7 Å². The van der Waals surface area contributed by atoms with Crippen LogP contribution in [0.5, 0.6) is 0 Å². The van der Waals surface area contributed by atoms with Gasteiger partial charge in [-0.1, -0.05) is 24.3 Å². The molecule has 60 heavy (non-hydrogen) atoms. The van der Waals surface area contributed by atoms with Crippen LogP contribution in [0, 0.1) is 0 Å². The highest BCUT2D eigenvalue weighted by Crippen LogP contribution is 2.29. The van der Waals surface area contributed by atoms with Crippen molar-refractivity contribution in [2.24, 2.45) is 0 Å². The Morgan fingerprint density at radius 3 is 1.05 bits per heavy atom. The third kappa shape index (κ3) is 12.3. The van der Waals surface area contributed by atoms with Crippen molar-refractivity contribution >= 4 is 136 Å². The van der Waals surface area contributed by atoms with Crippen LogP contribution in [0.25, 0.3) is 12.2 Å². The summed E-state index contributed by atoms with van der Waals surface area (Å²) in [5.41, 5.74) is 1.67. The normalized spacial score (nSPS) is 12.7. The van der Waals surface area contributed by atoms with Gasteiger partial charge in [-0.05, 0) is 107 Å². The zero-order valence-electron chi connectivity index (χ0n) is 29.5. The number of hydrogen-bond donors (Lipinski definition) is 10. The number of rotatable bonds is 16. The van der Waals surface area contributed by atoms with E-state index >= 15 is 0 Å². The molecule has 2 atom stereocenters. The minimum Gasteiger partial charge on any atom is -0.324 e. The Balaban J connectivity index is 1.20. The molecule has 0 amide bonds. The highest BCUT2D eigenvalue weighted by Gasteiger charge is 2.19. The van der Waals surface area contributed by atoms with E-state index in [0.29, 0.717) is 22.7 Å². The lowest BCUT2D eigenvalue weighted by molar-refractivity contribution is 0.480. The van der Waals surface area contributed by atoms with E-state index in [1.54, 1.807) is 24.3 Å². The van der Waals surface area contributed by atoms with E-state index in [-0.39, 0.29) is 56.9 Å². The number of nitrogens with one attached hydrogen (secondary N) is 6. The van der Waals surface area contributed by atoms with Gasteiger partial charge in [0, 0.05) is 34.1 Å². The van der Waals surface area contributed by atoms with Crippen LogP contribution >= 0.6 is 23.2 Å². The van der Waals surface area contributed by atoms with Crippen molar-refractivity contribution in [2.45, 2.75) is 9.79 Å². The summed E-state index contributed by atoms with van der Waals surface area (Å²) in [7, 11) is -9.79. The summed E-state index contributed by atoms with van der Waals surface area (Å²) in [5.74, 6) is -0.300. The monoisotopic (exact) mass is 936 g/mol. The lowest BCUT2D eigenvalue weighted by atomic mass is 10.1. The molecule has 0 radical (unpaired) electrons. The molecule has 0 bridgehead atoms. The molecule has 6 rings (SSSR count). The van der Waals surface area contributed by atoms with Crippen molar-refractivity contribution in [3.05, 3.63) is 107 Å². The molecule has 0 aliphatic heterocycles. The fraction of sp³-hybridized carbons (Fsp3) is 0. The largest absolute Gasteiger partial charge is 0.324 e. The molecule has 0 spiro atoms. The van der Waals surface area contributed by atoms with E-state index in [1.807, 2.05) is 0 Å². The average Bonchev–Trinajstić information content (AvgIpc) is 3.14. The molecule has 0 fully saturated rings. The van der Waals surface area contributed by atoms with Crippen LogP contribution in [0.2, 0.25) is 10.6 Å². The summed E-state index contributed by atoms with van der Waals surface area (Å²) in [5, 5.41) is 10.8. The maximum Gasteiger partial charge on any atom is 0.295 e. The molecule has 4 aromatic carbocycles. The van der Waals surface area contributed by atoms with E-state index < -0.39 is 52.6 Å². The second kappa shape index (κ2) is 18.5. The van der Waals surface area contributed by atoms with Crippen LogP contribution in [0.4, 0.5) is 57.9 Å². The van der Waals surface area contributed by atoms with Crippen molar-refractivity contribution in [1.82, 2.24) is 29.9 Å². The van der Waals surface area contributed by atoms with Crippen LogP contribution < -0.4 is 30.7 Å². The Bertz CT molecular complexity index is 2690. The van der Waals surface area contributed by atoms with Crippen LogP contribution in [0.15, 0.2) is 94.7 Å². The van der Waals surface area contributed by atoms with Gasteiger partial charge in [-0.2, -0.15) is 46.7 Å². The standard InChI is InChI=1S/C32H26Cl2N12O10S4/c33-27-39-29(35-19-7-11-21(12-8-19)45-57(47)48)43-31(41-27)37-23-5-3-17(25(15-23)59(51,52)53)1-2-18-4-6-24(16-26(18)60(54,55)56)38-32-42-28(34)40-30(44-32)36-20-9-13-22(14-10-20)46-58(49)50/h1-16,45-46H,(H,47,48)(H,49,50)(H,51,52,53)(H,54,55,56)(H2,35,37,39,41,43)(H2,36,38,40,42,44). The van der Waals surface area contributed by atoms with Crippen molar-refractivity contribution < 1.29 is 43.5 Å². The van der Waals surface area contributed by atoms with Crippen LogP contribution in [0.1, 0.15) is 11.1 Å². The Kier molecular flexibility index (Phi) is 13.5. The van der Waals surface area contributed by atoms with Gasteiger partial charge in [0.2, 0.25) is 34.4 Å². The van der Waals surface area contributed by atoms with Gasteiger partial charge < -0.3 is 21.3 Å². The molecule has 0 saturated carbocycles. The lowest BCUT2D eigenvalue weighted by Crippen LogP contribution is -2.06. The third-order valence-electron chi connectivity index (χ3n) is 7.45. The van der Waals surface area contributed by atoms with E-state index in [2.05, 4.69) is 60.6 Å². The molecule has 0 aliphatic carbocycles. The first-order valence-corrected chi connectivity index (χ1v) is 22.0. The van der Waals surface area contributed by atoms with Gasteiger partial charge in [0.25, 0.3) is 42.8 Å². The molecule has 2 unspecified atom stereocenters. The summed E-state index contributed by atoms with van der Waals surface area (Å²) >= 11 is 7.65. The molecule has 0 saturated heterocycles. The maximum atomic E-state index is 12.5. The molecular weight excluding hydrogens is 912 g/mol. The Morgan fingerprint density at radius 2 is 0.750 bits per heavy atom. The zero-order chi connectivity index (χ0) is 43.2. The topological polar surface area (TPSA) is 333 Å². The number of benzene rings is 4. The van der Waals surface area contributed by atoms with Gasteiger partial charge in [-0.15, -0.1) is 0 Å². The van der Waals surface area contributed by atoms with E-state index in [9.17, 15) is 34.4 Å². The van der Waals surface area contributed by atoms with Crippen molar-refractivity contribution in [3.8, 4) is 0 Å². The van der Waals surface area contributed by atoms with Crippen LogP contribution in [0.3, 0.4) is 0 Å². The first kappa shape index (κ1) is 43.6.